The molecule has 3 heterocycles. The highest BCUT2D eigenvalue weighted by Crippen LogP contribution is 2.44. The molecule has 3 rings (SSSR count). The molecule has 3 aliphatic heterocycles. The molecule has 21 heavy (non-hydrogen) atoms. The van der Waals surface area contributed by atoms with Gasteiger partial charge in [-0.1, -0.05) is 0 Å². The Labute approximate surface area is 123 Å². The molecule has 0 saturated carbocycles. The van der Waals surface area contributed by atoms with Gasteiger partial charge in [0.1, 0.15) is 24.4 Å². The molecule has 0 amide bonds. The van der Waals surface area contributed by atoms with E-state index in [1.165, 1.54) is 6.92 Å². The van der Waals surface area contributed by atoms with Gasteiger partial charge in [-0.2, -0.15) is 0 Å². The van der Waals surface area contributed by atoms with E-state index < -0.39 is 54.2 Å². The summed E-state index contributed by atoms with van der Waals surface area (Å²) < 4.78 is 28.9. The minimum absolute atomic E-state index is 0.446. The summed E-state index contributed by atoms with van der Waals surface area (Å²) in [7, 11) is 0. The number of ether oxygens (including phenoxy) is 5. The van der Waals surface area contributed by atoms with Crippen LogP contribution in [-0.2, 0) is 28.5 Å². The third kappa shape index (κ3) is 2.62. The van der Waals surface area contributed by atoms with Crippen molar-refractivity contribution in [2.24, 2.45) is 0 Å². The van der Waals surface area contributed by atoms with E-state index in [1.54, 1.807) is 27.7 Å². The van der Waals surface area contributed by atoms with E-state index in [-0.39, 0.29) is 0 Å². The van der Waals surface area contributed by atoms with Crippen molar-refractivity contribution in [2.75, 3.05) is 0 Å². The van der Waals surface area contributed by atoms with Gasteiger partial charge in [0, 0.05) is 0 Å². The predicted octanol–water partition coefficient (Wildman–Crippen LogP) is 0.333. The number of hydrogen-bond donors (Lipinski definition) is 1. The molecule has 0 aromatic heterocycles. The minimum atomic E-state index is -1.14. The molecule has 0 aromatic carbocycles. The maximum absolute atomic E-state index is 12.2. The van der Waals surface area contributed by atoms with E-state index in [1.807, 2.05) is 0 Å². The first-order valence-electron chi connectivity index (χ1n) is 7.18. The molecule has 3 saturated heterocycles. The van der Waals surface area contributed by atoms with Gasteiger partial charge in [0.05, 0.1) is 0 Å². The highest BCUT2D eigenvalue weighted by molar-refractivity contribution is 5.87. The first-order chi connectivity index (χ1) is 9.60. The smallest absolute Gasteiger partial charge is 0.192 e. The molecule has 0 aliphatic carbocycles. The summed E-state index contributed by atoms with van der Waals surface area (Å²) in [6.45, 7) is 8.49. The predicted molar refractivity (Wildman–Crippen MR) is 69.2 cm³/mol. The molecular formula is C14H22O7. The number of carbonyl (C=O) groups excluding carboxylic acids is 1. The number of carbonyl (C=O) groups is 1. The fraction of sp³-hybridized carbons (Fsp3) is 0.929. The topological polar surface area (TPSA) is 83.5 Å². The van der Waals surface area contributed by atoms with E-state index in [9.17, 15) is 9.90 Å². The zero-order valence-electron chi connectivity index (χ0n) is 12.9. The monoisotopic (exact) mass is 302 g/mol. The zero-order valence-corrected chi connectivity index (χ0v) is 12.9. The third-order valence-corrected chi connectivity index (χ3v) is 3.85. The third-order valence-electron chi connectivity index (χ3n) is 3.85. The van der Waals surface area contributed by atoms with Gasteiger partial charge in [0.2, 0.25) is 0 Å². The fourth-order valence-corrected chi connectivity index (χ4v) is 3.08. The van der Waals surface area contributed by atoms with Gasteiger partial charge < -0.3 is 28.8 Å². The molecular weight excluding hydrogens is 280 g/mol. The number of ketones is 1. The second kappa shape index (κ2) is 4.71. The summed E-state index contributed by atoms with van der Waals surface area (Å²) in [4.78, 5) is 12.2. The Balaban J connectivity index is 1.90. The lowest BCUT2D eigenvalue weighted by Crippen LogP contribution is -2.58. The maximum Gasteiger partial charge on any atom is 0.192 e. The number of Topliss-reactive ketones (excluding diaryl/α,β-unsaturated/α-hetero) is 1. The molecule has 1 unspecified atom stereocenters. The lowest BCUT2D eigenvalue weighted by molar-refractivity contribution is -0.232. The Morgan fingerprint density at radius 1 is 0.952 bits per heavy atom. The SMILES string of the molecule is CC(O)C(=O)[C@H]1O[C@@H]2OC(C)(C)O[C@@H]2[C@H]2OC(C)(C)O[C@H]21. The van der Waals surface area contributed by atoms with Crippen molar-refractivity contribution >= 4 is 5.78 Å². The summed E-state index contributed by atoms with van der Waals surface area (Å²) in [6.07, 6.45) is -4.37. The Morgan fingerprint density at radius 3 is 2.10 bits per heavy atom. The van der Waals surface area contributed by atoms with Crippen molar-refractivity contribution in [1.29, 1.82) is 0 Å². The Hall–Kier alpha value is -0.570. The normalized spacial score (nSPS) is 45.0. The number of fused-ring (bicyclic) bond motifs is 3. The molecule has 120 valence electrons. The molecule has 3 aliphatic rings. The van der Waals surface area contributed by atoms with Crippen molar-refractivity contribution in [1.82, 2.24) is 0 Å². The average molecular weight is 302 g/mol. The van der Waals surface area contributed by atoms with Crippen molar-refractivity contribution < 1.29 is 33.6 Å². The first-order valence-corrected chi connectivity index (χ1v) is 7.18. The van der Waals surface area contributed by atoms with Crippen LogP contribution in [0.4, 0.5) is 0 Å². The van der Waals surface area contributed by atoms with Gasteiger partial charge in [-0.3, -0.25) is 4.79 Å². The van der Waals surface area contributed by atoms with Crippen molar-refractivity contribution in [3.63, 3.8) is 0 Å². The Morgan fingerprint density at radius 2 is 1.48 bits per heavy atom. The molecule has 6 atom stereocenters. The quantitative estimate of drug-likeness (QED) is 0.787. The number of aliphatic hydroxyl groups is 1. The zero-order chi connectivity index (χ0) is 15.6. The molecule has 1 N–H and O–H groups in total. The highest BCUT2D eigenvalue weighted by Gasteiger charge is 2.62. The molecule has 0 bridgehead atoms. The van der Waals surface area contributed by atoms with Crippen LogP contribution in [0.2, 0.25) is 0 Å². The van der Waals surface area contributed by atoms with Crippen LogP contribution in [0.15, 0.2) is 0 Å². The van der Waals surface area contributed by atoms with E-state index in [4.69, 9.17) is 23.7 Å². The van der Waals surface area contributed by atoms with Crippen LogP contribution in [0.5, 0.6) is 0 Å². The highest BCUT2D eigenvalue weighted by atomic mass is 16.9. The second-order valence-electron chi connectivity index (χ2n) is 6.67. The van der Waals surface area contributed by atoms with Crippen LogP contribution in [0.25, 0.3) is 0 Å². The molecule has 3 fully saturated rings. The maximum atomic E-state index is 12.2. The summed E-state index contributed by atoms with van der Waals surface area (Å²) in [5.74, 6) is -2.11. The molecule has 7 nitrogen and oxygen atoms in total. The fourth-order valence-electron chi connectivity index (χ4n) is 3.08. The van der Waals surface area contributed by atoms with Gasteiger partial charge >= 0.3 is 0 Å². The minimum Gasteiger partial charge on any atom is -0.386 e. The number of aliphatic hydroxyl groups excluding tert-OH is 1. The molecule has 7 heteroatoms. The van der Waals surface area contributed by atoms with Crippen LogP contribution in [0.3, 0.4) is 0 Å². The molecule has 0 radical (unpaired) electrons. The van der Waals surface area contributed by atoms with E-state index in [0.717, 1.165) is 0 Å². The summed E-state index contributed by atoms with van der Waals surface area (Å²) >= 11 is 0. The van der Waals surface area contributed by atoms with Crippen LogP contribution >= 0.6 is 0 Å². The van der Waals surface area contributed by atoms with Crippen molar-refractivity contribution in [3.8, 4) is 0 Å². The van der Waals surface area contributed by atoms with Crippen LogP contribution < -0.4 is 0 Å². The van der Waals surface area contributed by atoms with E-state index in [2.05, 4.69) is 0 Å². The van der Waals surface area contributed by atoms with E-state index >= 15 is 0 Å². The second-order valence-corrected chi connectivity index (χ2v) is 6.67. The summed E-state index contributed by atoms with van der Waals surface area (Å²) in [5, 5.41) is 9.57. The number of rotatable bonds is 2. The first kappa shape index (κ1) is 15.3. The summed E-state index contributed by atoms with van der Waals surface area (Å²) in [5.41, 5.74) is 0. The van der Waals surface area contributed by atoms with E-state index in [0.29, 0.717) is 0 Å². The van der Waals surface area contributed by atoms with Crippen LogP contribution in [0.1, 0.15) is 34.6 Å². The van der Waals surface area contributed by atoms with Gasteiger partial charge in [0.15, 0.2) is 29.8 Å². The summed E-state index contributed by atoms with van der Waals surface area (Å²) in [6, 6.07) is 0. The lowest BCUT2D eigenvalue weighted by atomic mass is 9.94. The Kier molecular flexibility index (Phi) is 3.44. The molecule has 0 aromatic rings. The van der Waals surface area contributed by atoms with Gasteiger partial charge in [-0.25, -0.2) is 0 Å². The number of hydrogen-bond acceptors (Lipinski definition) is 7. The molecule has 0 spiro atoms. The Bertz CT molecular complexity index is 445. The van der Waals surface area contributed by atoms with Crippen molar-refractivity contribution in [2.45, 2.75) is 83.0 Å². The van der Waals surface area contributed by atoms with Gasteiger partial charge in [0.25, 0.3) is 0 Å². The van der Waals surface area contributed by atoms with Crippen LogP contribution in [0, 0.1) is 0 Å². The van der Waals surface area contributed by atoms with Crippen molar-refractivity contribution in [3.05, 3.63) is 0 Å². The lowest BCUT2D eigenvalue weighted by Gasteiger charge is -2.36. The largest absolute Gasteiger partial charge is 0.386 e. The van der Waals surface area contributed by atoms with Gasteiger partial charge in [-0.05, 0) is 34.6 Å². The standard InChI is InChI=1S/C14H22O7/c1-6(15)7(16)8-9-10(19-13(2,3)18-9)11-12(17-8)21-14(4,5)20-11/h6,8-12,15H,1-5H3/t6?,8-,9+,10+,11-,12-/m1/s1. The average Bonchev–Trinajstić information content (AvgIpc) is 2.81. The van der Waals surface area contributed by atoms with Crippen LogP contribution in [-0.4, -0.2) is 59.3 Å². The van der Waals surface area contributed by atoms with Gasteiger partial charge in [-0.15, -0.1) is 0 Å².